The molecule has 1 aromatic heterocycles. The lowest BCUT2D eigenvalue weighted by molar-refractivity contribution is 0.762. The van der Waals surface area contributed by atoms with Crippen LogP contribution in [0.15, 0.2) is 30.3 Å². The molecule has 0 spiro atoms. The third-order valence-corrected chi connectivity index (χ3v) is 5.49. The minimum atomic E-state index is 0.304. The zero-order valence-electron chi connectivity index (χ0n) is 12.7. The first kappa shape index (κ1) is 14.5. The molecule has 4 rings (SSSR count). The lowest BCUT2D eigenvalue weighted by atomic mass is 9.98. The van der Waals surface area contributed by atoms with Gasteiger partial charge in [-0.2, -0.15) is 10.4 Å². The standard InChI is InChI=1S/C18H15IN4/c1-10-11(9-20)2-4-14-13(10)5-7-16(14)21-12-3-6-17-15(8-12)18(19)23-22-17/h2-4,6,8,16,21H,5,7H2,1H3,(H,22,23). The number of fused-ring (bicyclic) bond motifs is 2. The van der Waals surface area contributed by atoms with Crippen LogP contribution < -0.4 is 5.32 Å². The average Bonchev–Trinajstić information content (AvgIpc) is 3.13. The number of nitrogens with zero attached hydrogens (tertiary/aromatic N) is 2. The van der Waals surface area contributed by atoms with Gasteiger partial charge in [0.1, 0.15) is 3.70 Å². The van der Waals surface area contributed by atoms with E-state index in [1.165, 1.54) is 11.1 Å². The van der Waals surface area contributed by atoms with E-state index in [1.54, 1.807) is 0 Å². The Morgan fingerprint density at radius 2 is 2.22 bits per heavy atom. The van der Waals surface area contributed by atoms with E-state index in [9.17, 15) is 5.26 Å². The summed E-state index contributed by atoms with van der Waals surface area (Å²) in [6.45, 7) is 2.06. The third-order valence-electron chi connectivity index (χ3n) is 4.67. The number of halogens is 1. The molecule has 5 heteroatoms. The smallest absolute Gasteiger partial charge is 0.131 e. The number of H-pyrrole nitrogens is 1. The number of rotatable bonds is 2. The predicted molar refractivity (Wildman–Crippen MR) is 99.4 cm³/mol. The Balaban J connectivity index is 1.67. The highest BCUT2D eigenvalue weighted by Gasteiger charge is 2.24. The summed E-state index contributed by atoms with van der Waals surface area (Å²) in [5, 5.41) is 21.2. The second-order valence-corrected chi connectivity index (χ2v) is 6.95. The molecule has 0 saturated carbocycles. The molecule has 1 atom stereocenters. The molecule has 114 valence electrons. The van der Waals surface area contributed by atoms with Gasteiger partial charge in [0.05, 0.1) is 23.2 Å². The first-order valence-corrected chi connectivity index (χ1v) is 8.68. The molecule has 0 fully saturated rings. The van der Waals surface area contributed by atoms with E-state index < -0.39 is 0 Å². The molecular weight excluding hydrogens is 399 g/mol. The van der Waals surface area contributed by atoms with Crippen LogP contribution in [-0.4, -0.2) is 10.2 Å². The van der Waals surface area contributed by atoms with Crippen molar-refractivity contribution in [3.05, 3.63) is 56.3 Å². The van der Waals surface area contributed by atoms with E-state index in [-0.39, 0.29) is 0 Å². The van der Waals surface area contributed by atoms with Crippen molar-refractivity contribution >= 4 is 39.2 Å². The minimum Gasteiger partial charge on any atom is -0.378 e. The summed E-state index contributed by atoms with van der Waals surface area (Å²) in [5.74, 6) is 0. The van der Waals surface area contributed by atoms with Crippen molar-refractivity contribution in [2.24, 2.45) is 0 Å². The molecule has 4 nitrogen and oxygen atoms in total. The molecule has 0 aliphatic heterocycles. The summed E-state index contributed by atoms with van der Waals surface area (Å²) in [5.41, 5.74) is 6.75. The highest BCUT2D eigenvalue weighted by molar-refractivity contribution is 14.1. The topological polar surface area (TPSA) is 64.5 Å². The van der Waals surface area contributed by atoms with Crippen LogP contribution in [-0.2, 0) is 6.42 Å². The second kappa shape index (κ2) is 5.53. The van der Waals surface area contributed by atoms with Gasteiger partial charge in [0.2, 0.25) is 0 Å². The van der Waals surface area contributed by atoms with Crippen LogP contribution in [0.1, 0.15) is 34.7 Å². The molecule has 1 aliphatic carbocycles. The molecule has 0 amide bonds. The normalized spacial score (nSPS) is 16.3. The Morgan fingerprint density at radius 1 is 1.35 bits per heavy atom. The van der Waals surface area contributed by atoms with E-state index in [4.69, 9.17) is 0 Å². The third kappa shape index (κ3) is 2.38. The van der Waals surface area contributed by atoms with Crippen LogP contribution in [0, 0.1) is 22.0 Å². The van der Waals surface area contributed by atoms with Crippen molar-refractivity contribution in [3.8, 4) is 6.07 Å². The summed E-state index contributed by atoms with van der Waals surface area (Å²) in [4.78, 5) is 0. The van der Waals surface area contributed by atoms with Gasteiger partial charge in [-0.25, -0.2) is 0 Å². The fourth-order valence-electron chi connectivity index (χ4n) is 3.42. The number of hydrogen-bond acceptors (Lipinski definition) is 3. The molecule has 0 bridgehead atoms. The molecule has 3 aromatic rings. The summed E-state index contributed by atoms with van der Waals surface area (Å²) >= 11 is 2.25. The van der Waals surface area contributed by atoms with Crippen LogP contribution in [0.5, 0.6) is 0 Å². The van der Waals surface area contributed by atoms with E-state index in [0.29, 0.717) is 6.04 Å². The average molecular weight is 414 g/mol. The SMILES string of the molecule is Cc1c(C#N)ccc2c1CCC2Nc1ccc2[nH]nc(I)c2c1. The van der Waals surface area contributed by atoms with Gasteiger partial charge >= 0.3 is 0 Å². The number of nitrogens with one attached hydrogen (secondary N) is 2. The lowest BCUT2D eigenvalue weighted by Crippen LogP contribution is -2.07. The van der Waals surface area contributed by atoms with Gasteiger partial charge < -0.3 is 5.32 Å². The van der Waals surface area contributed by atoms with E-state index >= 15 is 0 Å². The van der Waals surface area contributed by atoms with Crippen molar-refractivity contribution < 1.29 is 0 Å². The van der Waals surface area contributed by atoms with Crippen LogP contribution in [0.3, 0.4) is 0 Å². The monoisotopic (exact) mass is 414 g/mol. The second-order valence-electron chi connectivity index (χ2n) is 5.93. The molecule has 0 saturated heterocycles. The first-order chi connectivity index (χ1) is 11.2. The summed E-state index contributed by atoms with van der Waals surface area (Å²) in [7, 11) is 0. The van der Waals surface area contributed by atoms with Gasteiger partial charge in [-0.3, -0.25) is 5.10 Å². The van der Waals surface area contributed by atoms with Gasteiger partial charge in [-0.15, -0.1) is 0 Å². The Labute approximate surface area is 148 Å². The quantitative estimate of drug-likeness (QED) is 0.610. The van der Waals surface area contributed by atoms with Crippen molar-refractivity contribution in [1.82, 2.24) is 10.2 Å². The first-order valence-electron chi connectivity index (χ1n) is 7.60. The van der Waals surface area contributed by atoms with Crippen LogP contribution in [0.2, 0.25) is 0 Å². The van der Waals surface area contributed by atoms with Crippen LogP contribution in [0.4, 0.5) is 5.69 Å². The maximum atomic E-state index is 9.18. The number of hydrogen-bond donors (Lipinski definition) is 2. The Morgan fingerprint density at radius 3 is 3.04 bits per heavy atom. The Bertz CT molecular complexity index is 952. The fraction of sp³-hybridized carbons (Fsp3) is 0.222. The molecule has 2 aromatic carbocycles. The van der Waals surface area contributed by atoms with Crippen molar-refractivity contribution in [1.29, 1.82) is 5.26 Å². The zero-order chi connectivity index (χ0) is 16.0. The number of benzene rings is 2. The minimum absolute atomic E-state index is 0.304. The van der Waals surface area contributed by atoms with Gasteiger partial charge in [0.25, 0.3) is 0 Å². The maximum absolute atomic E-state index is 9.18. The van der Waals surface area contributed by atoms with E-state index in [0.717, 1.165) is 44.3 Å². The number of aromatic amines is 1. The lowest BCUT2D eigenvalue weighted by Gasteiger charge is -2.16. The number of anilines is 1. The van der Waals surface area contributed by atoms with Crippen molar-refractivity contribution in [2.75, 3.05) is 5.32 Å². The predicted octanol–water partition coefficient (Wildman–Crippen LogP) is 4.45. The van der Waals surface area contributed by atoms with E-state index in [1.807, 2.05) is 6.07 Å². The highest BCUT2D eigenvalue weighted by atomic mass is 127. The van der Waals surface area contributed by atoms with Gasteiger partial charge in [0.15, 0.2) is 0 Å². The molecule has 23 heavy (non-hydrogen) atoms. The van der Waals surface area contributed by atoms with Gasteiger partial charge in [-0.05, 0) is 83.3 Å². The van der Waals surface area contributed by atoms with Gasteiger partial charge in [-0.1, -0.05) is 6.07 Å². The molecular formula is C18H15IN4. The molecule has 1 unspecified atom stereocenters. The van der Waals surface area contributed by atoms with Crippen molar-refractivity contribution in [2.45, 2.75) is 25.8 Å². The van der Waals surface area contributed by atoms with Crippen LogP contribution >= 0.6 is 22.6 Å². The number of nitriles is 1. The van der Waals surface area contributed by atoms with Crippen LogP contribution in [0.25, 0.3) is 10.9 Å². The zero-order valence-corrected chi connectivity index (χ0v) is 14.8. The molecule has 0 radical (unpaired) electrons. The maximum Gasteiger partial charge on any atom is 0.131 e. The molecule has 2 N–H and O–H groups in total. The summed E-state index contributed by atoms with van der Waals surface area (Å²) < 4.78 is 0.988. The summed E-state index contributed by atoms with van der Waals surface area (Å²) in [6.07, 6.45) is 2.09. The molecule has 1 heterocycles. The highest BCUT2D eigenvalue weighted by Crippen LogP contribution is 2.37. The van der Waals surface area contributed by atoms with Gasteiger partial charge in [0, 0.05) is 11.1 Å². The van der Waals surface area contributed by atoms with E-state index in [2.05, 4.69) is 75.4 Å². The largest absolute Gasteiger partial charge is 0.378 e. The summed E-state index contributed by atoms with van der Waals surface area (Å²) in [6, 6.07) is 12.9. The number of aromatic nitrogens is 2. The Kier molecular flexibility index (Phi) is 3.49. The Hall–Kier alpha value is -2.07. The fourth-order valence-corrected chi connectivity index (χ4v) is 3.99. The molecule has 1 aliphatic rings. The van der Waals surface area contributed by atoms with Crippen molar-refractivity contribution in [3.63, 3.8) is 0 Å².